The maximum atomic E-state index is 11.8. The van der Waals surface area contributed by atoms with Crippen LogP contribution in [0.3, 0.4) is 0 Å². The largest absolute Gasteiger partial charge is 0.464 e. The fourth-order valence-corrected chi connectivity index (χ4v) is 2.16. The number of esters is 4. The van der Waals surface area contributed by atoms with Crippen LogP contribution in [0.2, 0.25) is 0 Å². The molecule has 0 fully saturated rings. The van der Waals surface area contributed by atoms with E-state index in [-0.39, 0.29) is 0 Å². The maximum Gasteiger partial charge on any atom is 0.323 e. The van der Waals surface area contributed by atoms with Crippen molar-refractivity contribution < 1.29 is 58.6 Å². The quantitative estimate of drug-likeness (QED) is 0.105. The first-order valence-electron chi connectivity index (χ1n) is 11.2. The van der Waals surface area contributed by atoms with Gasteiger partial charge in [-0.15, -0.1) is 46.4 Å². The highest BCUT2D eigenvalue weighted by Crippen LogP contribution is 2.23. The molecule has 0 radical (unpaired) electrons. The zero-order chi connectivity index (χ0) is 30.1. The zero-order valence-electron chi connectivity index (χ0n) is 21.5. The number of halogens is 4. The Labute approximate surface area is 241 Å². The van der Waals surface area contributed by atoms with Gasteiger partial charge in [-0.25, -0.2) is 0 Å². The van der Waals surface area contributed by atoms with Crippen LogP contribution in [0.25, 0.3) is 0 Å². The second-order valence-corrected chi connectivity index (χ2v) is 11.1. The molecule has 0 bridgehead atoms. The van der Waals surface area contributed by atoms with Gasteiger partial charge in [-0.05, 0) is 27.7 Å². The molecule has 0 heterocycles. The van der Waals surface area contributed by atoms with Gasteiger partial charge in [0.1, 0.15) is 53.4 Å². The number of aliphatic hydroxyl groups excluding tert-OH is 4. The van der Waals surface area contributed by atoms with Crippen molar-refractivity contribution in [2.24, 2.45) is 10.8 Å². The van der Waals surface area contributed by atoms with Gasteiger partial charge in [0.25, 0.3) is 0 Å². The third-order valence-electron chi connectivity index (χ3n) is 4.72. The highest BCUT2D eigenvalue weighted by atomic mass is 35.5. The second kappa shape index (κ2) is 19.9. The number of hydrogen-bond donors (Lipinski definition) is 4. The van der Waals surface area contributed by atoms with Crippen molar-refractivity contribution in [1.82, 2.24) is 0 Å². The van der Waals surface area contributed by atoms with Gasteiger partial charge >= 0.3 is 23.9 Å². The molecule has 0 rings (SSSR count). The van der Waals surface area contributed by atoms with E-state index >= 15 is 0 Å². The molecule has 4 N–H and O–H groups in total. The van der Waals surface area contributed by atoms with Crippen molar-refractivity contribution in [2.45, 2.75) is 49.2 Å². The van der Waals surface area contributed by atoms with E-state index in [2.05, 4.69) is 0 Å². The minimum Gasteiger partial charge on any atom is -0.464 e. The molecule has 0 aromatic heterocycles. The Kier molecular flexibility index (Phi) is 20.4. The monoisotopic (exact) mass is 632 g/mol. The van der Waals surface area contributed by atoms with E-state index in [1.54, 1.807) is 0 Å². The predicted molar refractivity (Wildman–Crippen MR) is 138 cm³/mol. The normalized spacial score (nSPS) is 15.9. The summed E-state index contributed by atoms with van der Waals surface area (Å²) in [5.74, 6) is -3.10. The number of rotatable bonds is 16. The average Bonchev–Trinajstić information content (AvgIpc) is 2.88. The summed E-state index contributed by atoms with van der Waals surface area (Å²) in [6.07, 6.45) is 0. The smallest absolute Gasteiger partial charge is 0.323 e. The van der Waals surface area contributed by atoms with E-state index in [4.69, 9.17) is 85.8 Å². The molecule has 38 heavy (non-hydrogen) atoms. The first-order valence-corrected chi connectivity index (χ1v) is 13.0. The van der Waals surface area contributed by atoms with Gasteiger partial charge in [-0.2, -0.15) is 0 Å². The van der Waals surface area contributed by atoms with Crippen LogP contribution in [0.1, 0.15) is 27.7 Å². The van der Waals surface area contributed by atoms with Crippen molar-refractivity contribution >= 4 is 70.3 Å². The molecule has 0 aliphatic carbocycles. The lowest BCUT2D eigenvalue weighted by atomic mass is 9.92. The van der Waals surface area contributed by atoms with Crippen LogP contribution in [0, 0.1) is 10.8 Å². The van der Waals surface area contributed by atoms with Crippen molar-refractivity contribution in [2.75, 3.05) is 52.9 Å². The number of aliphatic hydroxyl groups is 4. The Morgan fingerprint density at radius 1 is 0.500 bits per heavy atom. The summed E-state index contributed by atoms with van der Waals surface area (Å²) in [7, 11) is 0. The average molecular weight is 634 g/mol. The minimum absolute atomic E-state index is 0.406. The zero-order valence-corrected chi connectivity index (χ0v) is 24.6. The summed E-state index contributed by atoms with van der Waals surface area (Å²) in [4.78, 5) is 47.2. The van der Waals surface area contributed by atoms with Crippen molar-refractivity contribution in [3.05, 3.63) is 0 Å². The first kappa shape index (κ1) is 39.0. The second-order valence-electron chi connectivity index (χ2n) is 8.53. The predicted octanol–water partition coefficient (Wildman–Crippen LogP) is 0.597. The molecule has 12 nitrogen and oxygen atoms in total. The van der Waals surface area contributed by atoms with Crippen LogP contribution >= 0.6 is 46.4 Å². The lowest BCUT2D eigenvalue weighted by Crippen LogP contribution is -2.45. The van der Waals surface area contributed by atoms with Gasteiger partial charge in [0, 0.05) is 0 Å². The number of alkyl halides is 4. The number of hydrogen-bond acceptors (Lipinski definition) is 12. The molecule has 0 aliphatic heterocycles. The Morgan fingerprint density at radius 3 is 0.789 bits per heavy atom. The van der Waals surface area contributed by atoms with Crippen molar-refractivity contribution in [3.8, 4) is 0 Å². The third kappa shape index (κ3) is 15.5. The van der Waals surface area contributed by atoms with E-state index in [0.717, 1.165) is 0 Å². The fourth-order valence-electron chi connectivity index (χ4n) is 1.91. The first-order chi connectivity index (χ1) is 17.6. The van der Waals surface area contributed by atoms with Gasteiger partial charge in [0.2, 0.25) is 0 Å². The standard InChI is InChI=1S/C17H24Cl4O8.C5H12O4/c1-9(18)13(22)26-5-17(6-27-14(23)10(2)19,7-28-15(24)11(3)20)8-29-16(25)12(4)21;6-1-5(2-7,3-8)4-9/h9-12H,5-8H2,1-4H3;6-9H,1-4H2. The van der Waals surface area contributed by atoms with Crippen LogP contribution < -0.4 is 0 Å². The maximum absolute atomic E-state index is 11.8. The summed E-state index contributed by atoms with van der Waals surface area (Å²) < 4.78 is 20.4. The summed E-state index contributed by atoms with van der Waals surface area (Å²) in [6.45, 7) is 2.18. The van der Waals surface area contributed by atoms with Crippen LogP contribution in [0.5, 0.6) is 0 Å². The molecule has 0 aliphatic rings. The molecule has 0 spiro atoms. The van der Waals surface area contributed by atoms with Gasteiger partial charge < -0.3 is 39.4 Å². The summed E-state index contributed by atoms with van der Waals surface area (Å²) in [6, 6.07) is 0. The highest BCUT2D eigenvalue weighted by Gasteiger charge is 2.39. The lowest BCUT2D eigenvalue weighted by Gasteiger charge is -2.32. The summed E-state index contributed by atoms with van der Waals surface area (Å²) in [5.41, 5.74) is -2.55. The Morgan fingerprint density at radius 2 is 0.684 bits per heavy atom. The summed E-state index contributed by atoms with van der Waals surface area (Å²) >= 11 is 22.7. The summed E-state index contributed by atoms with van der Waals surface area (Å²) in [5, 5.41) is 30.1. The third-order valence-corrected chi connectivity index (χ3v) is 5.44. The van der Waals surface area contributed by atoms with E-state index < -0.39 is 109 Å². The van der Waals surface area contributed by atoms with E-state index in [1.165, 1.54) is 27.7 Å². The molecule has 16 heteroatoms. The van der Waals surface area contributed by atoms with E-state index in [9.17, 15) is 19.2 Å². The van der Waals surface area contributed by atoms with Crippen LogP contribution in [0.4, 0.5) is 0 Å². The number of ether oxygens (including phenoxy) is 4. The van der Waals surface area contributed by atoms with Gasteiger partial charge in [0.05, 0.1) is 31.8 Å². The Hall–Kier alpha value is -1.12. The molecular formula is C22H36Cl4O12. The minimum atomic E-state index is -1.44. The van der Waals surface area contributed by atoms with Gasteiger partial charge in [-0.1, -0.05) is 0 Å². The number of carbonyl (C=O) groups excluding carboxylic acids is 4. The van der Waals surface area contributed by atoms with Crippen molar-refractivity contribution in [3.63, 3.8) is 0 Å². The molecule has 0 aromatic rings. The molecule has 224 valence electrons. The molecular weight excluding hydrogens is 598 g/mol. The number of carbonyl (C=O) groups is 4. The van der Waals surface area contributed by atoms with Crippen LogP contribution in [-0.4, -0.2) is 119 Å². The van der Waals surface area contributed by atoms with Gasteiger partial charge in [-0.3, -0.25) is 19.2 Å². The fraction of sp³-hybridized carbons (Fsp3) is 0.818. The molecule has 0 saturated heterocycles. The molecule has 0 amide bonds. The molecule has 0 aromatic carbocycles. The SMILES string of the molecule is CC(Cl)C(=O)OCC(COC(=O)C(C)Cl)(COC(=O)C(C)Cl)COC(=O)C(C)Cl.OCC(CO)(CO)CO. The van der Waals surface area contributed by atoms with E-state index in [0.29, 0.717) is 0 Å². The van der Waals surface area contributed by atoms with Gasteiger partial charge in [0.15, 0.2) is 0 Å². The Bertz CT molecular complexity index is 608. The topological polar surface area (TPSA) is 186 Å². The lowest BCUT2D eigenvalue weighted by molar-refractivity contribution is -0.169. The molecule has 4 atom stereocenters. The van der Waals surface area contributed by atoms with Crippen molar-refractivity contribution in [1.29, 1.82) is 0 Å². The highest BCUT2D eigenvalue weighted by molar-refractivity contribution is 6.30. The molecule has 0 saturated carbocycles. The Balaban J connectivity index is 0. The molecule has 4 unspecified atom stereocenters. The van der Waals surface area contributed by atoms with Crippen LogP contribution in [-0.2, 0) is 38.1 Å². The van der Waals surface area contributed by atoms with E-state index in [1.807, 2.05) is 0 Å². The van der Waals surface area contributed by atoms with Crippen LogP contribution in [0.15, 0.2) is 0 Å².